The summed E-state index contributed by atoms with van der Waals surface area (Å²) in [4.78, 5) is 25.7. The SMILES string of the molecule is O=C(Cc1ccc(Cl)c(Cl)c1)N1CCN(Cc2ccccn2)[C@@H]2CCC[C@@H](N3CCCC3)[C@@H]21. The van der Waals surface area contributed by atoms with Crippen molar-refractivity contribution in [1.29, 1.82) is 0 Å². The lowest BCUT2D eigenvalue weighted by molar-refractivity contribution is -0.143. The fourth-order valence-corrected chi connectivity index (χ4v) is 6.40. The van der Waals surface area contributed by atoms with Crippen LogP contribution in [-0.4, -0.2) is 69.9 Å². The monoisotopic (exact) mass is 486 g/mol. The molecule has 0 bridgehead atoms. The number of likely N-dealkylation sites (tertiary alicyclic amines) is 1. The van der Waals surface area contributed by atoms with Gasteiger partial charge in [-0.15, -0.1) is 0 Å². The number of hydrogen-bond acceptors (Lipinski definition) is 4. The summed E-state index contributed by atoms with van der Waals surface area (Å²) in [5.41, 5.74) is 2.03. The van der Waals surface area contributed by atoms with Crippen molar-refractivity contribution in [2.45, 2.75) is 63.2 Å². The maximum absolute atomic E-state index is 13.6. The zero-order valence-electron chi connectivity index (χ0n) is 19.0. The van der Waals surface area contributed by atoms with Gasteiger partial charge in [0.05, 0.1) is 28.2 Å². The van der Waals surface area contributed by atoms with Gasteiger partial charge < -0.3 is 4.90 Å². The summed E-state index contributed by atoms with van der Waals surface area (Å²) in [5, 5.41) is 1.03. The summed E-state index contributed by atoms with van der Waals surface area (Å²) >= 11 is 12.3. The molecule has 2 aliphatic heterocycles. The number of benzene rings is 1. The molecule has 3 aliphatic rings. The number of aromatic nitrogens is 1. The largest absolute Gasteiger partial charge is 0.335 e. The van der Waals surface area contributed by atoms with Gasteiger partial charge in [-0.2, -0.15) is 0 Å². The van der Waals surface area contributed by atoms with Gasteiger partial charge in [-0.1, -0.05) is 41.8 Å². The molecular weight excluding hydrogens is 455 g/mol. The molecule has 2 saturated heterocycles. The number of fused-ring (bicyclic) bond motifs is 1. The lowest BCUT2D eigenvalue weighted by atomic mass is 9.81. The molecule has 7 heteroatoms. The van der Waals surface area contributed by atoms with Crippen molar-refractivity contribution in [1.82, 2.24) is 19.7 Å². The van der Waals surface area contributed by atoms with Crippen molar-refractivity contribution < 1.29 is 4.79 Å². The third-order valence-corrected chi connectivity index (χ3v) is 8.34. The number of halogens is 2. The van der Waals surface area contributed by atoms with Crippen LogP contribution in [0.2, 0.25) is 10.0 Å². The smallest absolute Gasteiger partial charge is 0.227 e. The summed E-state index contributed by atoms with van der Waals surface area (Å²) in [6, 6.07) is 12.7. The van der Waals surface area contributed by atoms with Crippen LogP contribution in [0.5, 0.6) is 0 Å². The first-order valence-corrected chi connectivity index (χ1v) is 13.0. The average Bonchev–Trinajstić information content (AvgIpc) is 3.37. The molecule has 0 radical (unpaired) electrons. The van der Waals surface area contributed by atoms with E-state index in [9.17, 15) is 4.79 Å². The van der Waals surface area contributed by atoms with Crippen LogP contribution in [-0.2, 0) is 17.8 Å². The minimum atomic E-state index is 0.201. The Labute approximate surface area is 206 Å². The molecule has 3 heterocycles. The molecule has 1 aliphatic carbocycles. The van der Waals surface area contributed by atoms with E-state index in [0.29, 0.717) is 28.5 Å². The maximum atomic E-state index is 13.6. The molecule has 176 valence electrons. The quantitative estimate of drug-likeness (QED) is 0.615. The highest BCUT2D eigenvalue weighted by molar-refractivity contribution is 6.42. The predicted molar refractivity (Wildman–Crippen MR) is 133 cm³/mol. The van der Waals surface area contributed by atoms with Gasteiger partial charge in [-0.25, -0.2) is 0 Å². The van der Waals surface area contributed by atoms with E-state index in [0.717, 1.165) is 50.4 Å². The van der Waals surface area contributed by atoms with E-state index in [-0.39, 0.29) is 11.9 Å². The van der Waals surface area contributed by atoms with Crippen LogP contribution in [0.15, 0.2) is 42.6 Å². The third-order valence-electron chi connectivity index (χ3n) is 7.61. The molecule has 0 N–H and O–H groups in total. The van der Waals surface area contributed by atoms with Gasteiger partial charge in [-0.3, -0.25) is 19.6 Å². The van der Waals surface area contributed by atoms with E-state index < -0.39 is 0 Å². The van der Waals surface area contributed by atoms with Crippen molar-refractivity contribution >= 4 is 29.1 Å². The average molecular weight is 487 g/mol. The molecule has 5 nitrogen and oxygen atoms in total. The first-order chi connectivity index (χ1) is 16.1. The van der Waals surface area contributed by atoms with Gasteiger partial charge in [0.1, 0.15) is 0 Å². The van der Waals surface area contributed by atoms with Crippen LogP contribution in [0.1, 0.15) is 43.4 Å². The Hall–Kier alpha value is -1.66. The number of pyridine rings is 1. The maximum Gasteiger partial charge on any atom is 0.227 e. The topological polar surface area (TPSA) is 39.7 Å². The Morgan fingerprint density at radius 1 is 0.939 bits per heavy atom. The molecule has 0 unspecified atom stereocenters. The number of nitrogens with zero attached hydrogens (tertiary/aromatic N) is 4. The van der Waals surface area contributed by atoms with Gasteiger partial charge in [0.25, 0.3) is 0 Å². The normalized spacial score (nSPS) is 26.4. The van der Waals surface area contributed by atoms with Crippen molar-refractivity contribution in [2.24, 2.45) is 0 Å². The van der Waals surface area contributed by atoms with Crippen LogP contribution in [0.3, 0.4) is 0 Å². The highest BCUT2D eigenvalue weighted by Gasteiger charge is 2.47. The minimum absolute atomic E-state index is 0.201. The first kappa shape index (κ1) is 23.1. The van der Waals surface area contributed by atoms with E-state index >= 15 is 0 Å². The van der Waals surface area contributed by atoms with Crippen molar-refractivity contribution in [3.63, 3.8) is 0 Å². The lowest BCUT2D eigenvalue weighted by Crippen LogP contribution is -2.68. The molecule has 1 aromatic carbocycles. The van der Waals surface area contributed by atoms with Gasteiger partial charge in [-0.05, 0) is 68.6 Å². The summed E-state index contributed by atoms with van der Waals surface area (Å²) in [6.07, 6.45) is 8.31. The molecular formula is C26H32Cl2N4O. The van der Waals surface area contributed by atoms with Crippen LogP contribution in [0.25, 0.3) is 0 Å². The molecule has 3 atom stereocenters. The molecule has 0 spiro atoms. The van der Waals surface area contributed by atoms with E-state index in [2.05, 4.69) is 31.8 Å². The molecule has 33 heavy (non-hydrogen) atoms. The second-order valence-corrected chi connectivity index (χ2v) is 10.4. The first-order valence-electron chi connectivity index (χ1n) is 12.2. The molecule has 5 rings (SSSR count). The van der Waals surface area contributed by atoms with Gasteiger partial charge >= 0.3 is 0 Å². The number of carbonyl (C=O) groups is 1. The molecule has 2 aromatic rings. The van der Waals surface area contributed by atoms with Gasteiger partial charge in [0.2, 0.25) is 5.91 Å². The fraction of sp³-hybridized carbons (Fsp3) is 0.538. The zero-order chi connectivity index (χ0) is 22.8. The van der Waals surface area contributed by atoms with E-state index in [4.69, 9.17) is 23.2 Å². The summed E-state index contributed by atoms with van der Waals surface area (Å²) in [5.74, 6) is 0.201. The summed E-state index contributed by atoms with van der Waals surface area (Å²) in [7, 11) is 0. The van der Waals surface area contributed by atoms with Crippen LogP contribution in [0.4, 0.5) is 0 Å². The lowest BCUT2D eigenvalue weighted by Gasteiger charge is -2.54. The zero-order valence-corrected chi connectivity index (χ0v) is 20.5. The minimum Gasteiger partial charge on any atom is -0.335 e. The van der Waals surface area contributed by atoms with E-state index in [1.54, 1.807) is 6.07 Å². The second kappa shape index (κ2) is 10.3. The van der Waals surface area contributed by atoms with E-state index in [1.165, 1.54) is 25.7 Å². The predicted octanol–water partition coefficient (Wildman–Crippen LogP) is 4.66. The Morgan fingerprint density at radius 3 is 2.52 bits per heavy atom. The summed E-state index contributed by atoms with van der Waals surface area (Å²) in [6.45, 7) is 4.81. The Morgan fingerprint density at radius 2 is 1.76 bits per heavy atom. The number of hydrogen-bond donors (Lipinski definition) is 0. The molecule has 1 saturated carbocycles. The number of piperazine rings is 1. The number of rotatable bonds is 5. The van der Waals surface area contributed by atoms with Gasteiger partial charge in [0.15, 0.2) is 0 Å². The fourth-order valence-electron chi connectivity index (χ4n) is 6.08. The van der Waals surface area contributed by atoms with E-state index in [1.807, 2.05) is 24.4 Å². The number of carbonyl (C=O) groups excluding carboxylic acids is 1. The molecule has 3 fully saturated rings. The number of amides is 1. The highest BCUT2D eigenvalue weighted by Crippen LogP contribution is 2.36. The van der Waals surface area contributed by atoms with Crippen molar-refractivity contribution in [3.8, 4) is 0 Å². The van der Waals surface area contributed by atoms with Crippen LogP contribution >= 0.6 is 23.2 Å². The Balaban J connectivity index is 1.39. The third kappa shape index (κ3) is 5.07. The Bertz CT molecular complexity index is 966. The van der Waals surface area contributed by atoms with Crippen LogP contribution in [0, 0.1) is 0 Å². The summed E-state index contributed by atoms with van der Waals surface area (Å²) < 4.78 is 0. The Kier molecular flexibility index (Phi) is 7.21. The second-order valence-electron chi connectivity index (χ2n) is 9.60. The standard InChI is InChI=1S/C26H32Cl2N4O/c27-21-10-9-19(16-22(21)28)17-25(33)32-15-14-31(18-20-6-1-2-11-29-20)24-8-5-7-23(26(24)32)30-12-3-4-13-30/h1-2,6,9-11,16,23-24,26H,3-5,7-8,12-15,17-18H2/t23-,24-,26+/m1/s1. The highest BCUT2D eigenvalue weighted by atomic mass is 35.5. The van der Waals surface area contributed by atoms with Crippen molar-refractivity contribution in [3.05, 3.63) is 63.9 Å². The molecule has 1 aromatic heterocycles. The van der Waals surface area contributed by atoms with Gasteiger partial charge in [0, 0.05) is 37.9 Å². The molecule has 1 amide bonds. The van der Waals surface area contributed by atoms with Crippen molar-refractivity contribution in [2.75, 3.05) is 26.2 Å². The van der Waals surface area contributed by atoms with Crippen LogP contribution < -0.4 is 0 Å².